The summed E-state index contributed by atoms with van der Waals surface area (Å²) in [5.74, 6) is 0.0234. The van der Waals surface area contributed by atoms with Gasteiger partial charge in [0.2, 0.25) is 5.76 Å². The fourth-order valence-electron chi connectivity index (χ4n) is 3.16. The number of morpholine rings is 1. The average molecular weight is 458 g/mol. The minimum absolute atomic E-state index is 0. The Kier molecular flexibility index (Phi) is 8.02. The molecule has 0 atom stereocenters. The summed E-state index contributed by atoms with van der Waals surface area (Å²) in [7, 11) is 0. The van der Waals surface area contributed by atoms with Gasteiger partial charge in [0, 0.05) is 31.1 Å². The Balaban J connectivity index is 0.00000240. The molecule has 0 radical (unpaired) electrons. The summed E-state index contributed by atoms with van der Waals surface area (Å²) in [6, 6.07) is 6.12. The number of nitrogens with zero attached hydrogens (tertiary/aromatic N) is 3. The third-order valence-electron chi connectivity index (χ3n) is 4.67. The highest BCUT2D eigenvalue weighted by molar-refractivity contribution is 7.98. The number of rotatable bonds is 6. The van der Waals surface area contributed by atoms with Crippen molar-refractivity contribution in [3.8, 4) is 0 Å². The molecule has 1 saturated heterocycles. The van der Waals surface area contributed by atoms with E-state index in [1.807, 2.05) is 18.4 Å². The number of para-hydroxylation sites is 1. The van der Waals surface area contributed by atoms with Gasteiger partial charge in [-0.3, -0.25) is 14.6 Å². The molecule has 1 amide bonds. The molecule has 158 valence electrons. The fraction of sp³-hybridized carbons (Fsp3) is 0.474. The van der Waals surface area contributed by atoms with Crippen molar-refractivity contribution in [2.24, 2.45) is 0 Å². The number of thiazole rings is 1. The first-order chi connectivity index (χ1) is 13.8. The molecule has 1 aromatic heterocycles. The van der Waals surface area contributed by atoms with Crippen LogP contribution in [0.1, 0.15) is 0 Å². The minimum Gasteiger partial charge on any atom is -0.494 e. The summed E-state index contributed by atoms with van der Waals surface area (Å²) >= 11 is 3.19. The number of carbonyl (C=O) groups excluding carboxylic acids is 1. The van der Waals surface area contributed by atoms with Crippen molar-refractivity contribution in [1.82, 2.24) is 9.88 Å². The second kappa shape index (κ2) is 10.5. The van der Waals surface area contributed by atoms with Gasteiger partial charge in [0.15, 0.2) is 5.13 Å². The molecule has 2 aliphatic heterocycles. The van der Waals surface area contributed by atoms with Crippen LogP contribution in [0, 0.1) is 0 Å². The molecule has 1 aromatic carbocycles. The number of anilines is 1. The molecule has 0 spiro atoms. The predicted octanol–water partition coefficient (Wildman–Crippen LogP) is 2.99. The number of hydrogen-bond donors (Lipinski definition) is 0. The van der Waals surface area contributed by atoms with Crippen LogP contribution in [-0.2, 0) is 19.0 Å². The maximum atomic E-state index is 13.2. The molecule has 0 N–H and O–H groups in total. The predicted molar refractivity (Wildman–Crippen MR) is 118 cm³/mol. The Morgan fingerprint density at radius 3 is 2.83 bits per heavy atom. The Hall–Kier alpha value is -1.52. The van der Waals surface area contributed by atoms with Crippen molar-refractivity contribution < 1.29 is 19.0 Å². The number of benzene rings is 1. The number of hydrogen-bond acceptors (Lipinski definition) is 8. The molecule has 3 heterocycles. The first-order valence-electron chi connectivity index (χ1n) is 9.26. The van der Waals surface area contributed by atoms with E-state index in [0.29, 0.717) is 24.9 Å². The molecule has 0 unspecified atom stereocenters. The van der Waals surface area contributed by atoms with Gasteiger partial charge in [0.25, 0.3) is 5.91 Å². The Morgan fingerprint density at radius 1 is 1.28 bits per heavy atom. The Labute approximate surface area is 184 Å². The van der Waals surface area contributed by atoms with Crippen molar-refractivity contribution >= 4 is 56.8 Å². The van der Waals surface area contributed by atoms with Gasteiger partial charge < -0.3 is 14.2 Å². The van der Waals surface area contributed by atoms with Crippen LogP contribution in [0.4, 0.5) is 5.13 Å². The van der Waals surface area contributed by atoms with Crippen LogP contribution in [0.25, 0.3) is 10.2 Å². The van der Waals surface area contributed by atoms with Crippen molar-refractivity contribution in [3.05, 3.63) is 30.2 Å². The molecular weight excluding hydrogens is 434 g/mol. The van der Waals surface area contributed by atoms with Gasteiger partial charge in [0.05, 0.1) is 23.4 Å². The molecule has 7 nitrogen and oxygen atoms in total. The normalized spacial score (nSPS) is 17.1. The lowest BCUT2D eigenvalue weighted by molar-refractivity contribution is -0.119. The number of amides is 1. The van der Waals surface area contributed by atoms with Crippen LogP contribution in [-0.4, -0.2) is 74.7 Å². The molecule has 0 aliphatic carbocycles. The third-order valence-corrected chi connectivity index (χ3v) is 6.48. The van der Waals surface area contributed by atoms with Gasteiger partial charge in [-0.15, -0.1) is 24.2 Å². The van der Waals surface area contributed by atoms with E-state index < -0.39 is 0 Å². The number of carbonyl (C=O) groups is 1. The largest absolute Gasteiger partial charge is 0.494 e. The minimum atomic E-state index is -0.210. The van der Waals surface area contributed by atoms with E-state index in [1.54, 1.807) is 16.7 Å². The zero-order valence-electron chi connectivity index (χ0n) is 16.2. The number of thioether (sulfide) groups is 1. The lowest BCUT2D eigenvalue weighted by atomic mass is 10.3. The SMILES string of the molecule is CSc1cccc2sc(N(CCN3CCOCC3)C(=O)C3=COCCO3)nc12.Cl. The standard InChI is InChI=1S/C19H23N3O4S2.ClH/c1-27-15-3-2-4-16-17(15)20-19(28-16)22(6-5-21-7-9-24-10-8-21)18(23)14-13-25-11-12-26-14;/h2-4,13H,5-12H2,1H3;1H. The molecule has 0 bridgehead atoms. The second-order valence-corrected chi connectivity index (χ2v) is 8.27. The highest BCUT2D eigenvalue weighted by atomic mass is 35.5. The summed E-state index contributed by atoms with van der Waals surface area (Å²) in [4.78, 5) is 23.1. The lowest BCUT2D eigenvalue weighted by Crippen LogP contribution is -2.44. The van der Waals surface area contributed by atoms with Crippen LogP contribution in [0.2, 0.25) is 0 Å². The van der Waals surface area contributed by atoms with Crippen LogP contribution in [0.5, 0.6) is 0 Å². The Morgan fingerprint density at radius 2 is 2.10 bits per heavy atom. The van der Waals surface area contributed by atoms with Crippen molar-refractivity contribution in [2.45, 2.75) is 4.90 Å². The van der Waals surface area contributed by atoms with Gasteiger partial charge in [-0.1, -0.05) is 17.4 Å². The summed E-state index contributed by atoms with van der Waals surface area (Å²) < 4.78 is 17.3. The number of halogens is 1. The first-order valence-corrected chi connectivity index (χ1v) is 11.3. The summed E-state index contributed by atoms with van der Waals surface area (Å²) in [6.45, 7) is 5.35. The van der Waals surface area contributed by atoms with E-state index >= 15 is 0 Å². The third kappa shape index (κ3) is 5.16. The van der Waals surface area contributed by atoms with Crippen molar-refractivity contribution in [3.63, 3.8) is 0 Å². The molecule has 29 heavy (non-hydrogen) atoms. The van der Waals surface area contributed by atoms with Crippen LogP contribution in [0.3, 0.4) is 0 Å². The highest BCUT2D eigenvalue weighted by Gasteiger charge is 2.27. The van der Waals surface area contributed by atoms with E-state index in [-0.39, 0.29) is 24.1 Å². The van der Waals surface area contributed by atoms with E-state index in [2.05, 4.69) is 11.0 Å². The van der Waals surface area contributed by atoms with Crippen LogP contribution >= 0.6 is 35.5 Å². The Bertz CT molecular complexity index is 870. The second-order valence-electron chi connectivity index (χ2n) is 6.42. The maximum absolute atomic E-state index is 13.2. The number of fused-ring (bicyclic) bond motifs is 1. The molecular formula is C19H24ClN3O4S2. The van der Waals surface area contributed by atoms with Gasteiger partial charge in [-0.2, -0.15) is 0 Å². The molecule has 2 aliphatic rings. The molecule has 2 aromatic rings. The number of aromatic nitrogens is 1. The van der Waals surface area contributed by atoms with Crippen molar-refractivity contribution in [2.75, 3.05) is 63.8 Å². The molecule has 0 saturated carbocycles. The van der Waals surface area contributed by atoms with Crippen molar-refractivity contribution in [1.29, 1.82) is 0 Å². The van der Waals surface area contributed by atoms with Crippen LogP contribution in [0.15, 0.2) is 35.1 Å². The monoisotopic (exact) mass is 457 g/mol. The molecule has 1 fully saturated rings. The maximum Gasteiger partial charge on any atom is 0.298 e. The smallest absolute Gasteiger partial charge is 0.298 e. The van der Waals surface area contributed by atoms with E-state index in [0.717, 1.165) is 48.0 Å². The van der Waals surface area contributed by atoms with E-state index in [4.69, 9.17) is 19.2 Å². The zero-order chi connectivity index (χ0) is 19.3. The van der Waals surface area contributed by atoms with Crippen LogP contribution < -0.4 is 4.90 Å². The van der Waals surface area contributed by atoms with Gasteiger partial charge in [-0.05, 0) is 18.4 Å². The molecule has 4 rings (SSSR count). The quantitative estimate of drug-likeness (QED) is 0.618. The summed E-state index contributed by atoms with van der Waals surface area (Å²) in [6.07, 6.45) is 3.45. The number of ether oxygens (including phenoxy) is 3. The molecule has 10 heteroatoms. The van der Waals surface area contributed by atoms with E-state index in [9.17, 15) is 4.79 Å². The van der Waals surface area contributed by atoms with Gasteiger partial charge in [0.1, 0.15) is 19.5 Å². The summed E-state index contributed by atoms with van der Waals surface area (Å²) in [5, 5.41) is 0.685. The van der Waals surface area contributed by atoms with Gasteiger partial charge in [-0.25, -0.2) is 4.98 Å². The highest BCUT2D eigenvalue weighted by Crippen LogP contribution is 2.34. The van der Waals surface area contributed by atoms with Gasteiger partial charge >= 0.3 is 0 Å². The summed E-state index contributed by atoms with van der Waals surface area (Å²) in [5.41, 5.74) is 0.939. The van der Waals surface area contributed by atoms with E-state index in [1.165, 1.54) is 17.6 Å². The zero-order valence-corrected chi connectivity index (χ0v) is 18.6. The average Bonchev–Trinajstić information content (AvgIpc) is 3.19. The lowest BCUT2D eigenvalue weighted by Gasteiger charge is -2.29. The first kappa shape index (κ1) is 22.2. The topological polar surface area (TPSA) is 64.1 Å². The fourth-order valence-corrected chi connectivity index (χ4v) is 4.80.